The first kappa shape index (κ1) is 18.6. The minimum Gasteiger partial charge on any atom is -0.298 e. The number of aromatic nitrogens is 1. The number of nitriles is 1. The fourth-order valence-corrected chi connectivity index (χ4v) is 3.73. The van der Waals surface area contributed by atoms with Crippen molar-refractivity contribution in [1.82, 2.24) is 9.88 Å². The molecule has 2 heterocycles. The van der Waals surface area contributed by atoms with E-state index in [0.717, 1.165) is 44.2 Å². The highest BCUT2D eigenvalue weighted by atomic mass is 32.1. The van der Waals surface area contributed by atoms with E-state index in [-0.39, 0.29) is 0 Å². The maximum Gasteiger partial charge on any atom is 0.207 e. The molecule has 3 rings (SSSR count). The van der Waals surface area contributed by atoms with Crippen LogP contribution in [0.15, 0.2) is 40.8 Å². The van der Waals surface area contributed by atoms with E-state index >= 15 is 0 Å². The number of hydrogen-bond acceptors (Lipinski definition) is 6. The van der Waals surface area contributed by atoms with Gasteiger partial charge in [-0.1, -0.05) is 44.2 Å². The average molecular weight is 368 g/mol. The van der Waals surface area contributed by atoms with Crippen LogP contribution in [-0.2, 0) is 6.54 Å². The van der Waals surface area contributed by atoms with Gasteiger partial charge in [0, 0.05) is 50.1 Å². The summed E-state index contributed by atoms with van der Waals surface area (Å²) >= 11 is 1.49. The van der Waals surface area contributed by atoms with Gasteiger partial charge in [0.25, 0.3) is 0 Å². The molecule has 0 saturated carbocycles. The van der Waals surface area contributed by atoms with Crippen molar-refractivity contribution < 1.29 is 0 Å². The maximum absolute atomic E-state index is 9.02. The molecule has 6 heteroatoms. The van der Waals surface area contributed by atoms with Crippen molar-refractivity contribution in [3.05, 3.63) is 47.0 Å². The molecule has 1 saturated heterocycles. The molecule has 26 heavy (non-hydrogen) atoms. The number of nitrogens with zero attached hydrogens (tertiary/aromatic N) is 5. The predicted octanol–water partition coefficient (Wildman–Crippen LogP) is 4.13. The largest absolute Gasteiger partial charge is 0.298 e. The zero-order valence-electron chi connectivity index (χ0n) is 15.4. The molecule has 0 spiro atoms. The second-order valence-corrected chi connectivity index (χ2v) is 7.87. The Kier molecular flexibility index (Phi) is 6.37. The summed E-state index contributed by atoms with van der Waals surface area (Å²) in [5.41, 5.74) is 3.06. The van der Waals surface area contributed by atoms with Crippen LogP contribution in [0, 0.1) is 17.2 Å². The van der Waals surface area contributed by atoms with Crippen molar-refractivity contribution in [3.63, 3.8) is 0 Å². The molecule has 0 aliphatic carbocycles. The zero-order chi connectivity index (χ0) is 18.4. The van der Waals surface area contributed by atoms with Crippen LogP contribution in [0.3, 0.4) is 0 Å². The summed E-state index contributed by atoms with van der Waals surface area (Å²) in [4.78, 5) is 6.87. The van der Waals surface area contributed by atoms with Crippen molar-refractivity contribution in [1.29, 1.82) is 5.26 Å². The Morgan fingerprint density at radius 3 is 2.62 bits per heavy atom. The smallest absolute Gasteiger partial charge is 0.207 e. The lowest BCUT2D eigenvalue weighted by Crippen LogP contribution is -2.35. The summed E-state index contributed by atoms with van der Waals surface area (Å²) in [5.74, 6) is 0.479. The fourth-order valence-electron chi connectivity index (χ4n) is 3.02. The van der Waals surface area contributed by atoms with Crippen LogP contribution in [0.4, 0.5) is 5.13 Å². The number of rotatable bonds is 6. The van der Waals surface area contributed by atoms with E-state index in [1.54, 1.807) is 5.38 Å². The number of likely N-dealkylation sites (tertiary alicyclic amines) is 1. The Hall–Kier alpha value is -2.23. The minimum atomic E-state index is 0.469. The molecule has 0 amide bonds. The SMILES string of the molecule is CC(C)CN(N=C1CCN(Cc2ccccc2)CC1)c1nc(C#N)cs1. The van der Waals surface area contributed by atoms with E-state index in [2.05, 4.69) is 60.1 Å². The van der Waals surface area contributed by atoms with Gasteiger partial charge in [-0.3, -0.25) is 4.90 Å². The number of piperidine rings is 1. The lowest BCUT2D eigenvalue weighted by Gasteiger charge is -2.29. The summed E-state index contributed by atoms with van der Waals surface area (Å²) < 4.78 is 0. The molecule has 1 aromatic carbocycles. The van der Waals surface area contributed by atoms with Crippen LogP contribution in [0.2, 0.25) is 0 Å². The number of thiazole rings is 1. The fraction of sp³-hybridized carbons (Fsp3) is 0.450. The average Bonchev–Trinajstić information content (AvgIpc) is 3.12. The summed E-state index contributed by atoms with van der Waals surface area (Å²) in [6, 6.07) is 12.7. The van der Waals surface area contributed by atoms with Crippen LogP contribution >= 0.6 is 11.3 Å². The third-order valence-electron chi connectivity index (χ3n) is 4.31. The number of hydrazone groups is 1. The van der Waals surface area contributed by atoms with E-state index in [0.29, 0.717) is 11.6 Å². The summed E-state index contributed by atoms with van der Waals surface area (Å²) in [6.07, 6.45) is 1.97. The normalized spacial score (nSPS) is 15.1. The quantitative estimate of drug-likeness (QED) is 0.721. The first-order valence-corrected chi connectivity index (χ1v) is 9.98. The van der Waals surface area contributed by atoms with Gasteiger partial charge in [-0.25, -0.2) is 9.99 Å². The highest BCUT2D eigenvalue weighted by Crippen LogP contribution is 2.23. The Morgan fingerprint density at radius 1 is 1.27 bits per heavy atom. The molecule has 2 aromatic rings. The molecule has 0 unspecified atom stereocenters. The topological polar surface area (TPSA) is 55.5 Å². The van der Waals surface area contributed by atoms with Gasteiger partial charge in [0.2, 0.25) is 5.13 Å². The standard InChI is InChI=1S/C20H25N5S/c1-16(2)13-25(20-22-19(12-21)15-26-20)23-18-8-10-24(11-9-18)14-17-6-4-3-5-7-17/h3-7,15-16H,8-11,13-14H2,1-2H3. The molecule has 1 fully saturated rings. The minimum absolute atomic E-state index is 0.469. The third kappa shape index (κ3) is 5.13. The third-order valence-corrected chi connectivity index (χ3v) is 5.16. The lowest BCUT2D eigenvalue weighted by molar-refractivity contribution is 0.266. The lowest BCUT2D eigenvalue weighted by atomic mass is 10.1. The van der Waals surface area contributed by atoms with Crippen LogP contribution in [0.5, 0.6) is 0 Å². The molecule has 0 radical (unpaired) electrons. The van der Waals surface area contributed by atoms with Crippen LogP contribution in [0.25, 0.3) is 0 Å². The molecule has 0 bridgehead atoms. The highest BCUT2D eigenvalue weighted by Gasteiger charge is 2.18. The van der Waals surface area contributed by atoms with Crippen LogP contribution in [0.1, 0.15) is 37.9 Å². The first-order valence-electron chi connectivity index (χ1n) is 9.10. The number of anilines is 1. The monoisotopic (exact) mass is 367 g/mol. The number of hydrogen-bond donors (Lipinski definition) is 0. The van der Waals surface area contributed by atoms with Crippen molar-refractivity contribution in [2.75, 3.05) is 24.6 Å². The Labute approximate surface area is 159 Å². The van der Waals surface area contributed by atoms with Gasteiger partial charge in [-0.15, -0.1) is 11.3 Å². The van der Waals surface area contributed by atoms with Gasteiger partial charge in [0.15, 0.2) is 5.69 Å². The van der Waals surface area contributed by atoms with Crippen molar-refractivity contribution >= 4 is 22.2 Å². The number of benzene rings is 1. The van der Waals surface area contributed by atoms with Gasteiger partial charge in [0.1, 0.15) is 6.07 Å². The Bertz CT molecular complexity index is 765. The highest BCUT2D eigenvalue weighted by molar-refractivity contribution is 7.13. The molecule has 5 nitrogen and oxygen atoms in total. The molecular formula is C20H25N5S. The molecule has 1 aromatic heterocycles. The molecule has 0 N–H and O–H groups in total. The van der Waals surface area contributed by atoms with E-state index in [1.807, 2.05) is 5.01 Å². The molecule has 1 aliphatic rings. The summed E-state index contributed by atoms with van der Waals surface area (Å²) in [6.45, 7) is 8.23. The van der Waals surface area contributed by atoms with E-state index in [1.165, 1.54) is 22.6 Å². The summed E-state index contributed by atoms with van der Waals surface area (Å²) in [5, 5.41) is 18.5. The van der Waals surface area contributed by atoms with E-state index in [4.69, 9.17) is 10.4 Å². The maximum atomic E-state index is 9.02. The van der Waals surface area contributed by atoms with E-state index in [9.17, 15) is 0 Å². The Morgan fingerprint density at radius 2 is 2.00 bits per heavy atom. The summed E-state index contributed by atoms with van der Waals surface area (Å²) in [7, 11) is 0. The Balaban J connectivity index is 1.63. The van der Waals surface area contributed by atoms with E-state index < -0.39 is 0 Å². The van der Waals surface area contributed by atoms with Crippen molar-refractivity contribution in [2.24, 2.45) is 11.0 Å². The second kappa shape index (κ2) is 8.93. The van der Waals surface area contributed by atoms with Gasteiger partial charge in [-0.2, -0.15) is 10.4 Å². The first-order chi connectivity index (χ1) is 12.6. The van der Waals surface area contributed by atoms with Gasteiger partial charge < -0.3 is 0 Å². The van der Waals surface area contributed by atoms with Crippen LogP contribution < -0.4 is 5.01 Å². The zero-order valence-corrected chi connectivity index (χ0v) is 16.2. The van der Waals surface area contributed by atoms with Crippen molar-refractivity contribution in [3.8, 4) is 6.07 Å². The molecular weight excluding hydrogens is 342 g/mol. The molecule has 136 valence electrons. The molecule has 0 atom stereocenters. The van der Waals surface area contributed by atoms with Gasteiger partial charge in [-0.05, 0) is 11.5 Å². The molecule has 1 aliphatic heterocycles. The van der Waals surface area contributed by atoms with Gasteiger partial charge >= 0.3 is 0 Å². The van der Waals surface area contributed by atoms with Crippen LogP contribution in [-0.4, -0.2) is 35.2 Å². The van der Waals surface area contributed by atoms with Gasteiger partial charge in [0.05, 0.1) is 0 Å². The second-order valence-electron chi connectivity index (χ2n) is 7.03. The predicted molar refractivity (Wildman–Crippen MR) is 107 cm³/mol. The van der Waals surface area contributed by atoms with Crippen molar-refractivity contribution in [2.45, 2.75) is 33.2 Å².